The van der Waals surface area contributed by atoms with Gasteiger partial charge < -0.3 is 0 Å². The van der Waals surface area contributed by atoms with Crippen LogP contribution in [0.2, 0.25) is 11.6 Å². The van der Waals surface area contributed by atoms with Crippen molar-refractivity contribution in [3.63, 3.8) is 0 Å². The van der Waals surface area contributed by atoms with Gasteiger partial charge in [0.15, 0.2) is 0 Å². The quantitative estimate of drug-likeness (QED) is 0.229. The van der Waals surface area contributed by atoms with Crippen LogP contribution in [0.25, 0.3) is 49.1 Å². The molecule has 0 aliphatic rings. The monoisotopic (exact) mass is 864 g/mol. The second-order valence-corrected chi connectivity index (χ2v) is 23.1. The van der Waals surface area contributed by atoms with E-state index >= 15 is 0 Å². The van der Waals surface area contributed by atoms with Gasteiger partial charge in [-0.15, -0.1) is 0 Å². The summed E-state index contributed by atoms with van der Waals surface area (Å²) in [5.74, 6) is 4.65. The molecule has 36 heavy (non-hydrogen) atoms. The minimum absolute atomic E-state index is 0.356. The maximum atomic E-state index is 4.71. The van der Waals surface area contributed by atoms with E-state index in [1.54, 1.807) is 24.4 Å². The molecule has 0 aliphatic heterocycles. The van der Waals surface area contributed by atoms with E-state index in [2.05, 4.69) is 84.4 Å². The van der Waals surface area contributed by atoms with E-state index in [0.717, 1.165) is 11.4 Å². The number of nitrogens with zero attached hydrogens (tertiary/aromatic N) is 2. The Balaban J connectivity index is 1.27. The van der Waals surface area contributed by atoms with E-state index in [1.165, 1.54) is 20.0 Å². The first-order valence-electron chi connectivity index (χ1n) is 11.1. The summed E-state index contributed by atoms with van der Waals surface area (Å²) in [6, 6.07) is 27.6. The van der Waals surface area contributed by atoms with Gasteiger partial charge in [0, 0.05) is 0 Å². The van der Waals surface area contributed by atoms with Gasteiger partial charge >= 0.3 is 251 Å². The van der Waals surface area contributed by atoms with Crippen molar-refractivity contribution in [3.05, 3.63) is 85.2 Å². The summed E-state index contributed by atoms with van der Waals surface area (Å²) in [6.45, 7) is 0. The predicted octanol–water partition coefficient (Wildman–Crippen LogP) is 3.79. The zero-order chi connectivity index (χ0) is 24.5. The summed E-state index contributed by atoms with van der Waals surface area (Å²) in [6.07, 6.45) is 3.89. The van der Waals surface area contributed by atoms with Crippen molar-refractivity contribution in [1.82, 2.24) is 9.97 Å². The molecular weight excluding hydrogens is 838 g/mol. The number of rotatable bonds is 7. The Morgan fingerprint density at radius 3 is 1.28 bits per heavy atom. The molecule has 0 amide bonds. The summed E-state index contributed by atoms with van der Waals surface area (Å²) in [4.78, 5) is 9.42. The van der Waals surface area contributed by atoms with Crippen LogP contribution in [0, 0.1) is 0 Å². The first-order chi connectivity index (χ1) is 17.7. The topological polar surface area (TPSA) is 25.8 Å². The number of pyridine rings is 2. The van der Waals surface area contributed by atoms with Crippen LogP contribution in [-0.4, -0.2) is 97.9 Å². The average molecular weight is 858 g/mol. The van der Waals surface area contributed by atoms with Crippen molar-refractivity contribution in [3.8, 4) is 49.1 Å². The molecule has 6 aromatic rings. The average Bonchev–Trinajstić information content (AvgIpc) is 3.74. The van der Waals surface area contributed by atoms with Gasteiger partial charge in [-0.25, -0.2) is 0 Å². The van der Waals surface area contributed by atoms with Crippen LogP contribution in [0.5, 0.6) is 0 Å². The van der Waals surface area contributed by atoms with E-state index in [4.69, 9.17) is 9.97 Å². The second kappa shape index (κ2) is 11.6. The first-order valence-corrected chi connectivity index (χ1v) is 23.1. The molecule has 0 saturated heterocycles. The Labute approximate surface area is 247 Å². The SMILES string of the molecule is C[Se]c1ccc(-c2ccc(-c3ccnc(-c4cc(-c5ccc(-c6ccc([Se]C)[se]6)[se]5)ccn4)c3)[se]2)[se]1. The molecule has 6 rings (SSSR count). The third kappa shape index (κ3) is 5.54. The summed E-state index contributed by atoms with van der Waals surface area (Å²) < 4.78 is 12.5. The molecule has 0 spiro atoms. The van der Waals surface area contributed by atoms with Gasteiger partial charge in [0.05, 0.1) is 0 Å². The molecule has 0 radical (unpaired) electrons. The fourth-order valence-corrected chi connectivity index (χ4v) is 17.3. The van der Waals surface area contributed by atoms with Gasteiger partial charge in [0.2, 0.25) is 0 Å². The fraction of sp³-hybridized carbons (Fsp3) is 0.0714. The molecule has 0 fully saturated rings. The van der Waals surface area contributed by atoms with Crippen LogP contribution >= 0.6 is 0 Å². The van der Waals surface area contributed by atoms with Crippen LogP contribution in [-0.2, 0) is 0 Å². The van der Waals surface area contributed by atoms with Gasteiger partial charge in [-0.1, -0.05) is 0 Å². The zero-order valence-electron chi connectivity index (χ0n) is 19.4. The standard InChI is InChI=1S/C28H20N2Se6/c1-31-27-9-7-25(35-27)23-5-3-21(33-23)17-11-13-29-19(15-17)20-16-18(12-14-30-20)22-4-6-24(34-22)26-8-10-28(32-2)36-26/h3-16H,1-2H3. The van der Waals surface area contributed by atoms with E-state index in [9.17, 15) is 0 Å². The molecule has 6 aromatic heterocycles. The number of hydrogen-bond acceptors (Lipinski definition) is 2. The molecule has 6 heterocycles. The van der Waals surface area contributed by atoms with Gasteiger partial charge in [0.25, 0.3) is 0 Å². The van der Waals surface area contributed by atoms with Crippen molar-refractivity contribution in [2.45, 2.75) is 11.6 Å². The summed E-state index contributed by atoms with van der Waals surface area (Å²) in [5, 5.41) is 0. The Morgan fingerprint density at radius 2 is 0.861 bits per heavy atom. The Morgan fingerprint density at radius 1 is 0.472 bits per heavy atom. The molecule has 0 atom stereocenters. The first kappa shape index (κ1) is 25.6. The molecule has 178 valence electrons. The molecule has 0 unspecified atom stereocenters. The molecule has 8 heteroatoms. The van der Waals surface area contributed by atoms with Crippen LogP contribution in [0.15, 0.2) is 85.2 Å². The van der Waals surface area contributed by atoms with Crippen molar-refractivity contribution < 1.29 is 0 Å². The Hall–Kier alpha value is -0.663. The zero-order valence-corrected chi connectivity index (χ0v) is 29.7. The molecule has 0 aromatic carbocycles. The molecular formula is C28H20N2Se6. The molecule has 0 N–H and O–H groups in total. The summed E-state index contributed by atoms with van der Waals surface area (Å²) in [5.41, 5.74) is 4.48. The van der Waals surface area contributed by atoms with Crippen LogP contribution in [0.3, 0.4) is 0 Å². The maximum absolute atomic E-state index is 4.71. The van der Waals surface area contributed by atoms with Crippen LogP contribution in [0.4, 0.5) is 0 Å². The van der Waals surface area contributed by atoms with Gasteiger partial charge in [-0.2, -0.15) is 0 Å². The molecule has 0 saturated carbocycles. The minimum atomic E-state index is 0.356. The van der Waals surface area contributed by atoms with E-state index in [-0.39, 0.29) is 0 Å². The van der Waals surface area contributed by atoms with Gasteiger partial charge in [0.1, 0.15) is 0 Å². The van der Waals surface area contributed by atoms with E-state index in [0.29, 0.717) is 87.9 Å². The van der Waals surface area contributed by atoms with E-state index < -0.39 is 0 Å². The van der Waals surface area contributed by atoms with Crippen molar-refractivity contribution in [1.29, 1.82) is 0 Å². The van der Waals surface area contributed by atoms with Crippen LogP contribution < -0.4 is 6.67 Å². The van der Waals surface area contributed by atoms with Gasteiger partial charge in [-0.3, -0.25) is 0 Å². The molecule has 0 bridgehead atoms. The molecule has 2 nitrogen and oxygen atoms in total. The van der Waals surface area contributed by atoms with Crippen LogP contribution in [0.1, 0.15) is 0 Å². The molecule has 0 aliphatic carbocycles. The third-order valence-corrected chi connectivity index (χ3v) is 23.4. The fourth-order valence-electron chi connectivity index (χ4n) is 3.82. The predicted molar refractivity (Wildman–Crippen MR) is 159 cm³/mol. The normalized spacial score (nSPS) is 11.3. The van der Waals surface area contributed by atoms with Crippen molar-refractivity contribution in [2.24, 2.45) is 0 Å². The summed E-state index contributed by atoms with van der Waals surface area (Å²) in [7, 11) is 0. The second-order valence-electron chi connectivity index (χ2n) is 7.83. The van der Waals surface area contributed by atoms with Gasteiger partial charge in [-0.05, 0) is 0 Å². The van der Waals surface area contributed by atoms with E-state index in [1.807, 2.05) is 12.4 Å². The van der Waals surface area contributed by atoms with Crippen molar-refractivity contribution >= 4 is 94.6 Å². The van der Waals surface area contributed by atoms with Crippen molar-refractivity contribution in [2.75, 3.05) is 0 Å². The number of aromatic nitrogens is 2. The Bertz CT molecular complexity index is 1510. The number of hydrogen-bond donors (Lipinski definition) is 0. The summed E-state index contributed by atoms with van der Waals surface area (Å²) >= 11 is 3.06. The Kier molecular flexibility index (Phi) is 8.26. The third-order valence-electron chi connectivity index (χ3n) is 5.61.